The SMILES string of the molecule is Cc1cc(CNC(=O)N[C@@H]2CCCN(c3ccccc3Cl)C2)no1. The van der Waals surface area contributed by atoms with Crippen LogP contribution in [0, 0.1) is 6.92 Å². The molecule has 0 spiro atoms. The second-order valence-electron chi connectivity index (χ2n) is 5.99. The highest BCUT2D eigenvalue weighted by Crippen LogP contribution is 2.27. The van der Waals surface area contributed by atoms with Gasteiger partial charge < -0.3 is 20.1 Å². The maximum absolute atomic E-state index is 12.1. The number of piperidine rings is 1. The van der Waals surface area contributed by atoms with Crippen molar-refractivity contribution < 1.29 is 9.32 Å². The van der Waals surface area contributed by atoms with Gasteiger partial charge in [-0.05, 0) is 31.9 Å². The molecule has 0 bridgehead atoms. The van der Waals surface area contributed by atoms with Gasteiger partial charge in [-0.2, -0.15) is 0 Å². The molecule has 3 rings (SSSR count). The van der Waals surface area contributed by atoms with Crippen molar-refractivity contribution in [1.29, 1.82) is 0 Å². The van der Waals surface area contributed by atoms with Crippen LogP contribution in [0.4, 0.5) is 10.5 Å². The molecule has 2 aromatic rings. The fourth-order valence-corrected chi connectivity index (χ4v) is 3.19. The Hall–Kier alpha value is -2.21. The standard InChI is InChI=1S/C17H21ClN4O2/c1-12-9-14(21-24-12)10-19-17(23)20-13-5-4-8-22(11-13)16-7-3-2-6-15(16)18/h2-3,6-7,9,13H,4-5,8,10-11H2,1H3,(H2,19,20,23)/t13-/m1/s1. The topological polar surface area (TPSA) is 70.4 Å². The van der Waals surface area contributed by atoms with E-state index < -0.39 is 0 Å². The van der Waals surface area contributed by atoms with Gasteiger partial charge in [0.15, 0.2) is 0 Å². The van der Waals surface area contributed by atoms with Crippen LogP contribution < -0.4 is 15.5 Å². The molecule has 2 amide bonds. The second-order valence-corrected chi connectivity index (χ2v) is 6.40. The van der Waals surface area contributed by atoms with Crippen LogP contribution in [0.25, 0.3) is 0 Å². The number of benzene rings is 1. The summed E-state index contributed by atoms with van der Waals surface area (Å²) in [7, 11) is 0. The predicted molar refractivity (Wildman–Crippen MR) is 93.3 cm³/mol. The minimum absolute atomic E-state index is 0.0917. The van der Waals surface area contributed by atoms with E-state index in [2.05, 4.69) is 20.7 Å². The highest BCUT2D eigenvalue weighted by Gasteiger charge is 2.22. The van der Waals surface area contributed by atoms with Gasteiger partial charge in [0.05, 0.1) is 17.3 Å². The molecule has 24 heavy (non-hydrogen) atoms. The number of amides is 2. The van der Waals surface area contributed by atoms with E-state index in [9.17, 15) is 4.79 Å². The zero-order valence-corrected chi connectivity index (χ0v) is 14.3. The molecule has 128 valence electrons. The van der Waals surface area contributed by atoms with E-state index in [0.29, 0.717) is 12.2 Å². The zero-order valence-electron chi connectivity index (χ0n) is 13.6. The van der Waals surface area contributed by atoms with Crippen LogP contribution in [-0.2, 0) is 6.54 Å². The molecule has 1 aliphatic rings. The van der Waals surface area contributed by atoms with Crippen LogP contribution in [0.2, 0.25) is 5.02 Å². The number of rotatable bonds is 4. The summed E-state index contributed by atoms with van der Waals surface area (Å²) in [6.45, 7) is 3.87. The molecule has 1 atom stereocenters. The summed E-state index contributed by atoms with van der Waals surface area (Å²) in [5, 5.41) is 10.4. The summed E-state index contributed by atoms with van der Waals surface area (Å²) >= 11 is 6.27. The molecule has 1 aromatic heterocycles. The van der Waals surface area contributed by atoms with Crippen LogP contribution in [-0.4, -0.2) is 30.3 Å². The Morgan fingerprint density at radius 1 is 1.46 bits per heavy atom. The van der Waals surface area contributed by atoms with Gasteiger partial charge >= 0.3 is 6.03 Å². The molecule has 1 aromatic carbocycles. The molecule has 2 N–H and O–H groups in total. The van der Waals surface area contributed by atoms with Gasteiger partial charge in [0.1, 0.15) is 11.5 Å². The van der Waals surface area contributed by atoms with Crippen molar-refractivity contribution in [3.8, 4) is 0 Å². The van der Waals surface area contributed by atoms with Crippen LogP contribution in [0.15, 0.2) is 34.9 Å². The minimum atomic E-state index is -0.193. The Kier molecular flexibility index (Phi) is 5.25. The normalized spacial score (nSPS) is 17.6. The highest BCUT2D eigenvalue weighted by atomic mass is 35.5. The maximum atomic E-state index is 12.1. The van der Waals surface area contributed by atoms with Crippen molar-refractivity contribution in [2.45, 2.75) is 32.4 Å². The number of nitrogens with one attached hydrogen (secondary N) is 2. The van der Waals surface area contributed by atoms with Crippen LogP contribution in [0.1, 0.15) is 24.3 Å². The summed E-state index contributed by atoms with van der Waals surface area (Å²) < 4.78 is 4.98. The van der Waals surface area contributed by atoms with Gasteiger partial charge in [-0.15, -0.1) is 0 Å². The van der Waals surface area contributed by atoms with Crippen LogP contribution in [0.5, 0.6) is 0 Å². The summed E-state index contributed by atoms with van der Waals surface area (Å²) in [4.78, 5) is 14.3. The number of nitrogens with zero attached hydrogens (tertiary/aromatic N) is 2. The van der Waals surface area contributed by atoms with Gasteiger partial charge in [-0.1, -0.05) is 28.9 Å². The van der Waals surface area contributed by atoms with Crippen LogP contribution in [0.3, 0.4) is 0 Å². The first kappa shape index (κ1) is 16.6. The molecular formula is C17H21ClN4O2. The van der Waals surface area contributed by atoms with Crippen molar-refractivity contribution in [1.82, 2.24) is 15.8 Å². The predicted octanol–water partition coefficient (Wildman–Crippen LogP) is 3.10. The lowest BCUT2D eigenvalue weighted by atomic mass is 10.1. The fraction of sp³-hybridized carbons (Fsp3) is 0.412. The van der Waals surface area contributed by atoms with E-state index in [-0.39, 0.29) is 12.1 Å². The lowest BCUT2D eigenvalue weighted by molar-refractivity contribution is 0.234. The fourth-order valence-electron chi connectivity index (χ4n) is 2.93. The highest BCUT2D eigenvalue weighted by molar-refractivity contribution is 6.33. The summed E-state index contributed by atoms with van der Waals surface area (Å²) in [5.41, 5.74) is 1.73. The van der Waals surface area contributed by atoms with E-state index in [1.807, 2.05) is 31.2 Å². The third kappa shape index (κ3) is 4.20. The number of halogens is 1. The number of para-hydroxylation sites is 1. The van der Waals surface area contributed by atoms with Gasteiger partial charge in [-0.25, -0.2) is 4.79 Å². The summed E-state index contributed by atoms with van der Waals surface area (Å²) in [6.07, 6.45) is 1.97. The number of aryl methyl sites for hydroxylation is 1. The van der Waals surface area contributed by atoms with Gasteiger partial charge in [-0.3, -0.25) is 0 Å². The third-order valence-electron chi connectivity index (χ3n) is 4.06. The van der Waals surface area contributed by atoms with Crippen molar-refractivity contribution in [2.75, 3.05) is 18.0 Å². The number of carbonyl (C=O) groups excluding carboxylic acids is 1. The number of anilines is 1. The Labute approximate surface area is 146 Å². The lowest BCUT2D eigenvalue weighted by Gasteiger charge is -2.35. The molecule has 1 aliphatic heterocycles. The molecule has 6 nitrogen and oxygen atoms in total. The molecule has 1 fully saturated rings. The Morgan fingerprint density at radius 3 is 3.04 bits per heavy atom. The van der Waals surface area contributed by atoms with Crippen molar-refractivity contribution in [3.05, 3.63) is 46.8 Å². The Balaban J connectivity index is 1.51. The van der Waals surface area contributed by atoms with E-state index in [1.54, 1.807) is 6.07 Å². The Bertz CT molecular complexity index is 703. The molecule has 0 saturated carbocycles. The summed E-state index contributed by atoms with van der Waals surface area (Å²) in [5.74, 6) is 0.731. The van der Waals surface area contributed by atoms with E-state index >= 15 is 0 Å². The van der Waals surface area contributed by atoms with Crippen molar-refractivity contribution >= 4 is 23.3 Å². The van der Waals surface area contributed by atoms with Gasteiger partial charge in [0.25, 0.3) is 0 Å². The number of aromatic nitrogens is 1. The molecule has 0 aliphatic carbocycles. The number of hydrogen-bond acceptors (Lipinski definition) is 4. The smallest absolute Gasteiger partial charge is 0.315 e. The minimum Gasteiger partial charge on any atom is -0.368 e. The van der Waals surface area contributed by atoms with Crippen molar-refractivity contribution in [3.63, 3.8) is 0 Å². The number of urea groups is 1. The van der Waals surface area contributed by atoms with Crippen molar-refractivity contribution in [2.24, 2.45) is 0 Å². The van der Waals surface area contributed by atoms with E-state index in [1.165, 1.54) is 0 Å². The maximum Gasteiger partial charge on any atom is 0.315 e. The quantitative estimate of drug-likeness (QED) is 0.890. The largest absolute Gasteiger partial charge is 0.368 e. The van der Waals surface area contributed by atoms with E-state index in [0.717, 1.165) is 42.4 Å². The molecule has 0 unspecified atom stereocenters. The molecule has 2 heterocycles. The van der Waals surface area contributed by atoms with Gasteiger partial charge in [0, 0.05) is 25.2 Å². The number of hydrogen-bond donors (Lipinski definition) is 2. The van der Waals surface area contributed by atoms with Gasteiger partial charge in [0.2, 0.25) is 0 Å². The molecule has 7 heteroatoms. The second kappa shape index (κ2) is 7.57. The molecule has 1 saturated heterocycles. The first-order valence-corrected chi connectivity index (χ1v) is 8.45. The summed E-state index contributed by atoms with van der Waals surface area (Å²) in [6, 6.07) is 9.50. The Morgan fingerprint density at radius 2 is 2.29 bits per heavy atom. The first-order valence-electron chi connectivity index (χ1n) is 8.08. The lowest BCUT2D eigenvalue weighted by Crippen LogP contribution is -2.50. The monoisotopic (exact) mass is 348 g/mol. The average Bonchev–Trinajstić information content (AvgIpc) is 2.99. The first-order chi connectivity index (χ1) is 11.6. The zero-order chi connectivity index (χ0) is 16.9. The molecule has 0 radical (unpaired) electrons. The molecular weight excluding hydrogens is 328 g/mol. The average molecular weight is 349 g/mol. The van der Waals surface area contributed by atoms with Crippen LogP contribution >= 0.6 is 11.6 Å². The van der Waals surface area contributed by atoms with E-state index in [4.69, 9.17) is 16.1 Å². The third-order valence-corrected chi connectivity index (χ3v) is 4.38. The number of carbonyl (C=O) groups is 1.